The summed E-state index contributed by atoms with van der Waals surface area (Å²) < 4.78 is 12.9. The Labute approximate surface area is 106 Å². The maximum Gasteiger partial charge on any atom is 0.224 e. The lowest BCUT2D eigenvalue weighted by Gasteiger charge is -2.10. The quantitative estimate of drug-likeness (QED) is 0.780. The Morgan fingerprint density at radius 3 is 2.94 bits per heavy atom. The summed E-state index contributed by atoms with van der Waals surface area (Å²) in [6.45, 7) is 2.64. The van der Waals surface area contributed by atoms with E-state index in [9.17, 15) is 9.18 Å². The van der Waals surface area contributed by atoms with Crippen LogP contribution >= 0.6 is 11.6 Å². The number of hydrogen-bond acceptors (Lipinski definition) is 1. The molecule has 1 N–H and O–H groups in total. The molecule has 0 heterocycles. The topological polar surface area (TPSA) is 29.1 Å². The second-order valence-corrected chi connectivity index (χ2v) is 4.57. The van der Waals surface area contributed by atoms with E-state index >= 15 is 0 Å². The zero-order valence-corrected chi connectivity index (χ0v) is 10.6. The molecular formula is C13H17ClFNO. The number of alkyl halides is 1. The lowest BCUT2D eigenvalue weighted by Crippen LogP contribution is -2.29. The average molecular weight is 258 g/mol. The van der Waals surface area contributed by atoms with Gasteiger partial charge in [-0.15, -0.1) is 11.6 Å². The minimum Gasteiger partial charge on any atom is -0.356 e. The van der Waals surface area contributed by atoms with E-state index in [2.05, 4.69) is 5.32 Å². The Kier molecular flexibility index (Phi) is 5.98. The molecule has 1 amide bonds. The summed E-state index contributed by atoms with van der Waals surface area (Å²) in [5.41, 5.74) is 0.687. The number of carbonyl (C=O) groups excluding carboxylic acids is 1. The van der Waals surface area contributed by atoms with Crippen LogP contribution in [0.4, 0.5) is 4.39 Å². The van der Waals surface area contributed by atoms with Gasteiger partial charge in [0.15, 0.2) is 0 Å². The maximum atomic E-state index is 12.9. The van der Waals surface area contributed by atoms with E-state index in [4.69, 9.17) is 11.6 Å². The third-order valence-corrected chi connectivity index (χ3v) is 2.72. The lowest BCUT2D eigenvalue weighted by atomic mass is 10.1. The maximum absolute atomic E-state index is 12.9. The molecule has 0 saturated heterocycles. The van der Waals surface area contributed by atoms with Gasteiger partial charge in [-0.1, -0.05) is 19.1 Å². The van der Waals surface area contributed by atoms with Crippen LogP contribution in [-0.2, 0) is 11.2 Å². The first-order valence-corrected chi connectivity index (χ1v) is 6.22. The lowest BCUT2D eigenvalue weighted by molar-refractivity contribution is -0.120. The summed E-state index contributed by atoms with van der Waals surface area (Å²) in [5.74, 6) is 0.563. The summed E-state index contributed by atoms with van der Waals surface area (Å²) in [6.07, 6.45) is 1.09. The molecule has 0 radical (unpaired) electrons. The van der Waals surface area contributed by atoms with E-state index < -0.39 is 0 Å². The molecule has 0 saturated carbocycles. The third kappa shape index (κ3) is 5.68. The van der Waals surface area contributed by atoms with Gasteiger partial charge in [-0.2, -0.15) is 0 Å². The molecule has 0 aliphatic heterocycles. The molecule has 0 aromatic heterocycles. The largest absolute Gasteiger partial charge is 0.356 e. The third-order valence-electron chi connectivity index (χ3n) is 2.50. The van der Waals surface area contributed by atoms with Gasteiger partial charge in [-0.3, -0.25) is 4.79 Å². The van der Waals surface area contributed by atoms with E-state index in [1.807, 2.05) is 6.92 Å². The Morgan fingerprint density at radius 1 is 1.53 bits per heavy atom. The second kappa shape index (κ2) is 7.28. The van der Waals surface area contributed by atoms with Gasteiger partial charge in [0.25, 0.3) is 0 Å². The van der Waals surface area contributed by atoms with Gasteiger partial charge >= 0.3 is 0 Å². The van der Waals surface area contributed by atoms with Gasteiger partial charge < -0.3 is 5.32 Å². The van der Waals surface area contributed by atoms with Crippen LogP contribution in [0.3, 0.4) is 0 Å². The van der Waals surface area contributed by atoms with E-state index in [0.717, 1.165) is 6.42 Å². The first-order valence-electron chi connectivity index (χ1n) is 5.69. The molecule has 1 unspecified atom stereocenters. The Morgan fingerprint density at radius 2 is 2.29 bits per heavy atom. The summed E-state index contributed by atoms with van der Waals surface area (Å²) >= 11 is 5.60. The van der Waals surface area contributed by atoms with Crippen LogP contribution in [-0.4, -0.2) is 18.3 Å². The predicted octanol–water partition coefficient (Wildman–Crippen LogP) is 2.75. The highest BCUT2D eigenvalue weighted by Crippen LogP contribution is 2.05. The Bertz CT molecular complexity index is 370. The molecule has 0 bridgehead atoms. The number of halogens is 2. The van der Waals surface area contributed by atoms with Crippen LogP contribution in [0, 0.1) is 11.7 Å². The molecule has 94 valence electrons. The molecule has 1 aromatic carbocycles. The molecule has 0 aliphatic rings. The average Bonchev–Trinajstić information content (AvgIpc) is 2.27. The molecule has 0 spiro atoms. The van der Waals surface area contributed by atoms with Crippen molar-refractivity contribution < 1.29 is 9.18 Å². The first kappa shape index (κ1) is 14.0. The number of carbonyl (C=O) groups is 1. The highest BCUT2D eigenvalue weighted by atomic mass is 35.5. The number of rotatable bonds is 6. The minimum absolute atomic E-state index is 0.0861. The fraction of sp³-hybridized carbons (Fsp3) is 0.462. The van der Waals surface area contributed by atoms with Crippen molar-refractivity contribution in [3.05, 3.63) is 35.6 Å². The summed E-state index contributed by atoms with van der Waals surface area (Å²) in [5, 5.41) is 2.82. The molecule has 17 heavy (non-hydrogen) atoms. The number of nitrogens with one attached hydrogen (secondary N) is 1. The van der Waals surface area contributed by atoms with Crippen LogP contribution in [0.15, 0.2) is 24.3 Å². The zero-order valence-electron chi connectivity index (χ0n) is 9.88. The molecule has 2 nitrogen and oxygen atoms in total. The van der Waals surface area contributed by atoms with Crippen LogP contribution in [0.25, 0.3) is 0 Å². The van der Waals surface area contributed by atoms with Crippen molar-refractivity contribution in [2.45, 2.75) is 19.8 Å². The van der Waals surface area contributed by atoms with Gasteiger partial charge in [-0.05, 0) is 30.0 Å². The fourth-order valence-corrected chi connectivity index (χ4v) is 1.84. The molecule has 1 rings (SSSR count). The fourth-order valence-electron chi connectivity index (χ4n) is 1.47. The van der Waals surface area contributed by atoms with Gasteiger partial charge in [0, 0.05) is 12.4 Å². The van der Waals surface area contributed by atoms with Gasteiger partial charge in [-0.25, -0.2) is 4.39 Å². The molecule has 1 atom stereocenters. The molecule has 0 aliphatic carbocycles. The molecule has 4 heteroatoms. The van der Waals surface area contributed by atoms with Crippen LogP contribution in [0.2, 0.25) is 0 Å². The normalized spacial score (nSPS) is 12.2. The molecule has 0 fully saturated rings. The van der Waals surface area contributed by atoms with E-state index in [-0.39, 0.29) is 18.1 Å². The summed E-state index contributed by atoms with van der Waals surface area (Å²) in [6, 6.07) is 6.09. The van der Waals surface area contributed by atoms with Crippen molar-refractivity contribution >= 4 is 17.5 Å². The highest BCUT2D eigenvalue weighted by Gasteiger charge is 2.06. The van der Waals surface area contributed by atoms with Gasteiger partial charge in [0.05, 0.1) is 6.42 Å². The van der Waals surface area contributed by atoms with Crippen molar-refractivity contribution in [1.82, 2.24) is 5.32 Å². The Balaban J connectivity index is 2.34. The standard InChI is InChI=1S/C13H17ClFNO/c1-10(5-6-14)9-16-13(17)8-11-3-2-4-12(15)7-11/h2-4,7,10H,5-6,8-9H2,1H3,(H,16,17). The second-order valence-electron chi connectivity index (χ2n) is 4.19. The minimum atomic E-state index is -0.314. The number of amides is 1. The van der Waals surface area contributed by atoms with Crippen molar-refractivity contribution in [1.29, 1.82) is 0 Å². The van der Waals surface area contributed by atoms with Crippen molar-refractivity contribution in [2.75, 3.05) is 12.4 Å². The van der Waals surface area contributed by atoms with Crippen LogP contribution in [0.5, 0.6) is 0 Å². The highest BCUT2D eigenvalue weighted by molar-refractivity contribution is 6.17. The zero-order chi connectivity index (χ0) is 12.7. The van der Waals surface area contributed by atoms with Crippen molar-refractivity contribution in [3.8, 4) is 0 Å². The van der Waals surface area contributed by atoms with Crippen molar-refractivity contribution in [2.24, 2.45) is 5.92 Å². The van der Waals surface area contributed by atoms with Gasteiger partial charge in [0.1, 0.15) is 5.82 Å². The van der Waals surface area contributed by atoms with E-state index in [0.29, 0.717) is 23.9 Å². The molecular weight excluding hydrogens is 241 g/mol. The number of benzene rings is 1. The predicted molar refractivity (Wildman–Crippen MR) is 67.6 cm³/mol. The van der Waals surface area contributed by atoms with Crippen LogP contribution < -0.4 is 5.32 Å². The van der Waals surface area contributed by atoms with E-state index in [1.54, 1.807) is 12.1 Å². The Hall–Kier alpha value is -1.09. The monoisotopic (exact) mass is 257 g/mol. The molecule has 1 aromatic rings. The summed E-state index contributed by atoms with van der Waals surface area (Å²) in [7, 11) is 0. The van der Waals surface area contributed by atoms with E-state index in [1.165, 1.54) is 12.1 Å². The first-order chi connectivity index (χ1) is 8.11. The van der Waals surface area contributed by atoms with Gasteiger partial charge in [0.2, 0.25) is 5.91 Å². The van der Waals surface area contributed by atoms with Crippen molar-refractivity contribution in [3.63, 3.8) is 0 Å². The SMILES string of the molecule is CC(CCCl)CNC(=O)Cc1cccc(F)c1. The smallest absolute Gasteiger partial charge is 0.224 e. The number of hydrogen-bond donors (Lipinski definition) is 1. The van der Waals surface area contributed by atoms with Crippen LogP contribution in [0.1, 0.15) is 18.9 Å². The summed E-state index contributed by atoms with van der Waals surface area (Å²) in [4.78, 5) is 11.6.